The molecule has 0 bridgehead atoms. The van der Waals surface area contributed by atoms with Crippen LogP contribution in [0.3, 0.4) is 0 Å². The van der Waals surface area contributed by atoms with Gasteiger partial charge < -0.3 is 14.3 Å². The summed E-state index contributed by atoms with van der Waals surface area (Å²) >= 11 is 13.5. The van der Waals surface area contributed by atoms with E-state index in [0.717, 1.165) is 4.90 Å². The molecule has 2 amide bonds. The maximum absolute atomic E-state index is 13.2. The minimum Gasteiger partial charge on any atom is -0.340 e. The molecule has 0 spiro atoms. The highest BCUT2D eigenvalue weighted by atomic mass is 35.5. The molecule has 1 aliphatic rings. The second-order valence-electron chi connectivity index (χ2n) is 7.26. The minimum atomic E-state index is -0.145. The van der Waals surface area contributed by atoms with Gasteiger partial charge in [0.15, 0.2) is 5.82 Å². The van der Waals surface area contributed by atoms with Gasteiger partial charge in [-0.15, -0.1) is 11.8 Å². The third-order valence-electron chi connectivity index (χ3n) is 5.01. The van der Waals surface area contributed by atoms with Crippen LogP contribution < -0.4 is 0 Å². The molecule has 0 aliphatic carbocycles. The maximum atomic E-state index is 13.2. The van der Waals surface area contributed by atoms with E-state index in [4.69, 9.17) is 27.7 Å². The Labute approximate surface area is 199 Å². The monoisotopic (exact) mass is 490 g/mol. The number of carbonyl (C=O) groups is 2. The van der Waals surface area contributed by atoms with Gasteiger partial charge in [-0.2, -0.15) is 4.98 Å². The zero-order valence-corrected chi connectivity index (χ0v) is 19.6. The molecule has 7 nitrogen and oxygen atoms in total. The highest BCUT2D eigenvalue weighted by Gasteiger charge is 2.27. The molecule has 2 aromatic carbocycles. The van der Waals surface area contributed by atoms with Gasteiger partial charge in [-0.05, 0) is 30.3 Å². The molecule has 166 valence electrons. The van der Waals surface area contributed by atoms with Crippen molar-refractivity contribution in [3.8, 4) is 0 Å². The van der Waals surface area contributed by atoms with Crippen LogP contribution in [0.25, 0.3) is 0 Å². The molecule has 1 fully saturated rings. The second kappa shape index (κ2) is 9.94. The van der Waals surface area contributed by atoms with Gasteiger partial charge in [-0.1, -0.05) is 40.5 Å². The molecule has 2 heterocycles. The highest BCUT2D eigenvalue weighted by molar-refractivity contribution is 7.98. The molecule has 10 heteroatoms. The molecule has 4 rings (SSSR count). The number of rotatable bonds is 5. The first-order valence-corrected chi connectivity index (χ1v) is 11.7. The molecule has 32 heavy (non-hydrogen) atoms. The van der Waals surface area contributed by atoms with Gasteiger partial charge in [0.25, 0.3) is 11.8 Å². The summed E-state index contributed by atoms with van der Waals surface area (Å²) in [7, 11) is 0. The number of aryl methyl sites for hydroxylation is 1. The molecular weight excluding hydrogens is 471 g/mol. The lowest BCUT2D eigenvalue weighted by atomic mass is 10.1. The quantitative estimate of drug-likeness (QED) is 0.487. The summed E-state index contributed by atoms with van der Waals surface area (Å²) < 4.78 is 5.00. The number of hydrogen-bond donors (Lipinski definition) is 0. The van der Waals surface area contributed by atoms with Crippen LogP contribution in [0, 0.1) is 6.92 Å². The van der Waals surface area contributed by atoms with Crippen LogP contribution in [-0.2, 0) is 5.75 Å². The summed E-state index contributed by atoms with van der Waals surface area (Å²) in [6.07, 6.45) is 0. The van der Waals surface area contributed by atoms with Gasteiger partial charge in [-0.3, -0.25) is 9.59 Å². The Bertz CT molecular complexity index is 1130. The molecule has 3 aromatic rings. The van der Waals surface area contributed by atoms with Crippen LogP contribution >= 0.6 is 35.0 Å². The molecule has 0 radical (unpaired) electrons. The first-order valence-electron chi connectivity index (χ1n) is 9.96. The van der Waals surface area contributed by atoms with Crippen LogP contribution in [0.4, 0.5) is 0 Å². The average Bonchev–Trinajstić information content (AvgIpc) is 3.21. The molecular formula is C22H20Cl2N4O3S. The fourth-order valence-corrected chi connectivity index (χ4v) is 4.87. The van der Waals surface area contributed by atoms with Crippen molar-refractivity contribution in [3.05, 3.63) is 75.4 Å². The lowest BCUT2D eigenvalue weighted by Crippen LogP contribution is -2.50. The summed E-state index contributed by atoms with van der Waals surface area (Å²) in [4.78, 5) is 34.5. The number of hydrogen-bond acceptors (Lipinski definition) is 6. The second-order valence-corrected chi connectivity index (χ2v) is 9.15. The van der Waals surface area contributed by atoms with Crippen molar-refractivity contribution in [2.45, 2.75) is 17.6 Å². The molecule has 0 unspecified atom stereocenters. The van der Waals surface area contributed by atoms with E-state index in [-0.39, 0.29) is 11.8 Å². The third kappa shape index (κ3) is 5.26. The van der Waals surface area contributed by atoms with Crippen molar-refractivity contribution < 1.29 is 14.1 Å². The number of halogens is 2. The smallest absolute Gasteiger partial charge is 0.255 e. The lowest BCUT2D eigenvalue weighted by molar-refractivity contribution is 0.0533. The molecule has 0 saturated carbocycles. The zero-order chi connectivity index (χ0) is 22.7. The number of benzene rings is 2. The number of nitrogens with zero attached hydrogens (tertiary/aromatic N) is 4. The fraction of sp³-hybridized carbons (Fsp3) is 0.273. The zero-order valence-electron chi connectivity index (χ0n) is 17.3. The van der Waals surface area contributed by atoms with E-state index >= 15 is 0 Å². The molecule has 0 atom stereocenters. The number of carbonyl (C=O) groups excluding carboxylic acids is 2. The maximum Gasteiger partial charge on any atom is 0.255 e. The first kappa shape index (κ1) is 22.6. The summed E-state index contributed by atoms with van der Waals surface area (Å²) in [5.74, 6) is 1.40. The van der Waals surface area contributed by atoms with Gasteiger partial charge in [0, 0.05) is 53.6 Å². The van der Waals surface area contributed by atoms with Gasteiger partial charge in [0.05, 0.1) is 11.3 Å². The molecule has 1 aromatic heterocycles. The SMILES string of the molecule is Cc1nc(CSc2ccccc2C(=O)N2CCN(C(=O)c3cc(Cl)cc(Cl)c3)CC2)no1. The average molecular weight is 491 g/mol. The van der Waals surface area contributed by atoms with Crippen molar-refractivity contribution >= 4 is 46.8 Å². The molecule has 1 aliphatic heterocycles. The standard InChI is InChI=1S/C22H20Cl2N4O3S/c1-14-25-20(26-31-14)13-32-19-5-3-2-4-18(19)22(30)28-8-6-27(7-9-28)21(29)15-10-16(23)12-17(24)11-15/h2-5,10-12H,6-9,13H2,1H3. The fourth-order valence-electron chi connectivity index (χ4n) is 3.45. The van der Waals surface area contributed by atoms with E-state index in [1.165, 1.54) is 11.8 Å². The topological polar surface area (TPSA) is 79.5 Å². The lowest BCUT2D eigenvalue weighted by Gasteiger charge is -2.35. The van der Waals surface area contributed by atoms with Crippen molar-refractivity contribution in [2.75, 3.05) is 26.2 Å². The van der Waals surface area contributed by atoms with E-state index in [2.05, 4.69) is 10.1 Å². The number of amides is 2. The Morgan fingerprint density at radius 2 is 1.62 bits per heavy atom. The van der Waals surface area contributed by atoms with Crippen LogP contribution in [-0.4, -0.2) is 57.9 Å². The third-order valence-corrected chi connectivity index (χ3v) is 6.51. The Kier molecular flexibility index (Phi) is 7.03. The Hall–Kier alpha value is -2.55. The predicted octanol–water partition coefficient (Wildman–Crippen LogP) is 4.58. The normalized spacial score (nSPS) is 14.0. The first-order chi connectivity index (χ1) is 15.4. The summed E-state index contributed by atoms with van der Waals surface area (Å²) in [6.45, 7) is 3.51. The summed E-state index contributed by atoms with van der Waals surface area (Å²) in [6, 6.07) is 12.3. The van der Waals surface area contributed by atoms with E-state index < -0.39 is 0 Å². The van der Waals surface area contributed by atoms with Crippen molar-refractivity contribution in [2.24, 2.45) is 0 Å². The number of aromatic nitrogens is 2. The van der Waals surface area contributed by atoms with E-state index in [9.17, 15) is 9.59 Å². The van der Waals surface area contributed by atoms with Crippen LogP contribution in [0.5, 0.6) is 0 Å². The summed E-state index contributed by atoms with van der Waals surface area (Å²) in [5.41, 5.74) is 1.07. The number of thioether (sulfide) groups is 1. The van der Waals surface area contributed by atoms with Crippen LogP contribution in [0.2, 0.25) is 10.0 Å². The van der Waals surface area contributed by atoms with E-state index in [1.807, 2.05) is 24.3 Å². The van der Waals surface area contributed by atoms with Crippen LogP contribution in [0.15, 0.2) is 51.9 Å². The molecule has 1 saturated heterocycles. The Balaban J connectivity index is 1.39. The summed E-state index contributed by atoms with van der Waals surface area (Å²) in [5, 5.41) is 4.73. The minimum absolute atomic E-state index is 0.0599. The van der Waals surface area contributed by atoms with E-state index in [1.54, 1.807) is 34.9 Å². The Morgan fingerprint density at radius 3 is 2.25 bits per heavy atom. The van der Waals surface area contributed by atoms with E-state index in [0.29, 0.717) is 64.8 Å². The van der Waals surface area contributed by atoms with Crippen molar-refractivity contribution in [3.63, 3.8) is 0 Å². The molecule has 0 N–H and O–H groups in total. The predicted molar refractivity (Wildman–Crippen MR) is 123 cm³/mol. The van der Waals surface area contributed by atoms with Crippen LogP contribution in [0.1, 0.15) is 32.4 Å². The van der Waals surface area contributed by atoms with Gasteiger partial charge in [0.1, 0.15) is 0 Å². The highest BCUT2D eigenvalue weighted by Crippen LogP contribution is 2.27. The van der Waals surface area contributed by atoms with Gasteiger partial charge in [0.2, 0.25) is 5.89 Å². The number of piperazine rings is 1. The van der Waals surface area contributed by atoms with Crippen molar-refractivity contribution in [1.82, 2.24) is 19.9 Å². The van der Waals surface area contributed by atoms with Gasteiger partial charge in [-0.25, -0.2) is 0 Å². The van der Waals surface area contributed by atoms with Gasteiger partial charge >= 0.3 is 0 Å². The Morgan fingerprint density at radius 1 is 1.00 bits per heavy atom. The van der Waals surface area contributed by atoms with Crippen molar-refractivity contribution in [1.29, 1.82) is 0 Å². The largest absolute Gasteiger partial charge is 0.340 e.